The molecule has 2 aromatic rings. The Hall–Kier alpha value is -2.11. The van der Waals surface area contributed by atoms with Gasteiger partial charge in [-0.1, -0.05) is 0 Å². The van der Waals surface area contributed by atoms with Crippen molar-refractivity contribution in [2.75, 3.05) is 17.2 Å². The molecule has 0 radical (unpaired) electrons. The summed E-state index contributed by atoms with van der Waals surface area (Å²) in [6.07, 6.45) is 9.92. The zero-order valence-electron chi connectivity index (χ0n) is 14.5. The largest absolute Gasteiger partial charge is 0.370 e. The molecule has 4 rings (SSSR count). The second-order valence-corrected chi connectivity index (χ2v) is 7.32. The highest BCUT2D eigenvalue weighted by Gasteiger charge is 2.25. The van der Waals surface area contributed by atoms with Crippen LogP contribution in [-0.4, -0.2) is 26.3 Å². The van der Waals surface area contributed by atoms with Gasteiger partial charge < -0.3 is 10.6 Å². The number of aromatic nitrogens is 4. The Morgan fingerprint density at radius 3 is 2.83 bits per heavy atom. The minimum Gasteiger partial charge on any atom is -0.370 e. The van der Waals surface area contributed by atoms with E-state index in [0.29, 0.717) is 6.04 Å². The average Bonchev–Trinajstić information content (AvgIpc) is 3.29. The number of hydrogen-bond donors (Lipinski definition) is 2. The minimum absolute atomic E-state index is 0.236. The zero-order valence-corrected chi connectivity index (χ0v) is 14.5. The molecule has 1 saturated carbocycles. The van der Waals surface area contributed by atoms with Crippen LogP contribution in [0.25, 0.3) is 0 Å². The molecule has 2 aliphatic carbocycles. The summed E-state index contributed by atoms with van der Waals surface area (Å²) in [5.41, 5.74) is 2.55. The van der Waals surface area contributed by atoms with Gasteiger partial charge in [0.2, 0.25) is 0 Å². The number of hydrogen-bond acceptors (Lipinski definition) is 5. The van der Waals surface area contributed by atoms with Crippen LogP contribution in [0.1, 0.15) is 62.9 Å². The number of anilines is 2. The molecule has 2 aromatic heterocycles. The maximum Gasteiger partial charge on any atom is 0.132 e. The van der Waals surface area contributed by atoms with E-state index >= 15 is 0 Å². The summed E-state index contributed by atoms with van der Waals surface area (Å²) in [6, 6.07) is 2.64. The molecule has 6 heteroatoms. The second-order valence-electron chi connectivity index (χ2n) is 7.32. The molecule has 2 N–H and O–H groups in total. The number of aryl methyl sites for hydroxylation is 1. The summed E-state index contributed by atoms with van der Waals surface area (Å²) in [4.78, 5) is 8.72. The lowest BCUT2D eigenvalue weighted by molar-refractivity contribution is 0.515. The van der Waals surface area contributed by atoms with Crippen molar-refractivity contribution in [2.24, 2.45) is 5.92 Å². The summed E-state index contributed by atoms with van der Waals surface area (Å²) in [7, 11) is 0. The molecular formula is C18H26N6. The first-order valence-electron chi connectivity index (χ1n) is 9.09. The Kier molecular flexibility index (Phi) is 4.12. The molecule has 0 aliphatic heterocycles. The Balaban J connectivity index is 1.48. The van der Waals surface area contributed by atoms with Gasteiger partial charge in [-0.05, 0) is 57.4 Å². The van der Waals surface area contributed by atoms with Crippen molar-refractivity contribution >= 4 is 11.6 Å². The SMILES string of the molecule is CC(C)n1cc2c(n1)C(Nc1cc(NCC3CC3)ncn1)CCC2. The van der Waals surface area contributed by atoms with Crippen molar-refractivity contribution < 1.29 is 0 Å². The van der Waals surface area contributed by atoms with E-state index in [4.69, 9.17) is 5.10 Å². The molecule has 0 amide bonds. The number of nitrogens with zero attached hydrogens (tertiary/aromatic N) is 4. The summed E-state index contributed by atoms with van der Waals surface area (Å²) in [5, 5.41) is 11.8. The molecule has 6 nitrogen and oxygen atoms in total. The van der Waals surface area contributed by atoms with Crippen LogP contribution in [0.15, 0.2) is 18.6 Å². The number of fused-ring (bicyclic) bond motifs is 1. The highest BCUT2D eigenvalue weighted by atomic mass is 15.3. The van der Waals surface area contributed by atoms with E-state index < -0.39 is 0 Å². The third kappa shape index (κ3) is 3.37. The first-order chi connectivity index (χ1) is 11.7. The van der Waals surface area contributed by atoms with Crippen molar-refractivity contribution in [3.8, 4) is 0 Å². The van der Waals surface area contributed by atoms with Crippen LogP contribution in [-0.2, 0) is 6.42 Å². The van der Waals surface area contributed by atoms with E-state index in [2.05, 4.69) is 45.3 Å². The minimum atomic E-state index is 0.236. The molecular weight excluding hydrogens is 300 g/mol. The van der Waals surface area contributed by atoms with Crippen LogP contribution in [0.3, 0.4) is 0 Å². The van der Waals surface area contributed by atoms with Gasteiger partial charge in [0.05, 0.1) is 11.7 Å². The van der Waals surface area contributed by atoms with Crippen LogP contribution in [0.2, 0.25) is 0 Å². The topological polar surface area (TPSA) is 67.7 Å². The quantitative estimate of drug-likeness (QED) is 0.849. The third-order valence-electron chi connectivity index (χ3n) is 4.90. The van der Waals surface area contributed by atoms with E-state index in [1.807, 2.05) is 6.07 Å². The number of nitrogens with one attached hydrogen (secondary N) is 2. The van der Waals surface area contributed by atoms with Gasteiger partial charge in [-0.15, -0.1) is 0 Å². The Bertz CT molecular complexity index is 703. The lowest BCUT2D eigenvalue weighted by atomic mass is 9.94. The standard InChI is InChI=1S/C18H26N6/c1-12(2)24-10-14-4-3-5-15(18(14)23-24)22-17-8-16(20-11-21-17)19-9-13-6-7-13/h8,10-13,15H,3-7,9H2,1-2H3,(H2,19,20,21,22). The average molecular weight is 326 g/mol. The van der Waals surface area contributed by atoms with E-state index in [1.165, 1.54) is 30.5 Å². The summed E-state index contributed by atoms with van der Waals surface area (Å²) >= 11 is 0. The molecule has 2 aliphatic rings. The molecule has 0 bridgehead atoms. The van der Waals surface area contributed by atoms with Crippen molar-refractivity contribution in [1.29, 1.82) is 0 Å². The van der Waals surface area contributed by atoms with Crippen molar-refractivity contribution in [3.63, 3.8) is 0 Å². The molecule has 0 spiro atoms. The predicted molar refractivity (Wildman–Crippen MR) is 95.2 cm³/mol. The van der Waals surface area contributed by atoms with E-state index in [0.717, 1.165) is 36.9 Å². The molecule has 1 unspecified atom stereocenters. The molecule has 1 fully saturated rings. The van der Waals surface area contributed by atoms with Gasteiger partial charge in [0, 0.05) is 24.8 Å². The lowest BCUT2D eigenvalue weighted by Crippen LogP contribution is -2.18. The van der Waals surface area contributed by atoms with Crippen LogP contribution in [0.4, 0.5) is 11.6 Å². The Labute approximate surface area is 143 Å². The fourth-order valence-corrected chi connectivity index (χ4v) is 3.25. The van der Waals surface area contributed by atoms with E-state index in [-0.39, 0.29) is 6.04 Å². The maximum absolute atomic E-state index is 4.81. The summed E-state index contributed by atoms with van der Waals surface area (Å²) in [5.74, 6) is 2.61. The Morgan fingerprint density at radius 2 is 2.04 bits per heavy atom. The normalized spacial score (nSPS) is 20.0. The molecule has 24 heavy (non-hydrogen) atoms. The highest BCUT2D eigenvalue weighted by Crippen LogP contribution is 2.32. The second kappa shape index (κ2) is 6.42. The Morgan fingerprint density at radius 1 is 1.21 bits per heavy atom. The van der Waals surface area contributed by atoms with Crippen LogP contribution >= 0.6 is 0 Å². The summed E-state index contributed by atoms with van der Waals surface area (Å²) in [6.45, 7) is 5.36. The van der Waals surface area contributed by atoms with Crippen molar-refractivity contribution in [2.45, 2.75) is 58.0 Å². The molecule has 2 heterocycles. The van der Waals surface area contributed by atoms with Gasteiger partial charge in [0.15, 0.2) is 0 Å². The van der Waals surface area contributed by atoms with Gasteiger partial charge >= 0.3 is 0 Å². The van der Waals surface area contributed by atoms with Gasteiger partial charge in [0.1, 0.15) is 18.0 Å². The number of rotatable bonds is 6. The van der Waals surface area contributed by atoms with Crippen molar-refractivity contribution in [3.05, 3.63) is 29.8 Å². The first-order valence-corrected chi connectivity index (χ1v) is 9.09. The van der Waals surface area contributed by atoms with Gasteiger partial charge in [0.25, 0.3) is 0 Å². The van der Waals surface area contributed by atoms with Crippen LogP contribution in [0, 0.1) is 5.92 Å². The van der Waals surface area contributed by atoms with Crippen LogP contribution < -0.4 is 10.6 Å². The molecule has 0 saturated heterocycles. The maximum atomic E-state index is 4.81. The third-order valence-corrected chi connectivity index (χ3v) is 4.90. The van der Waals surface area contributed by atoms with Gasteiger partial charge in [-0.25, -0.2) is 9.97 Å². The summed E-state index contributed by atoms with van der Waals surface area (Å²) < 4.78 is 2.08. The van der Waals surface area contributed by atoms with E-state index in [1.54, 1.807) is 6.33 Å². The lowest BCUT2D eigenvalue weighted by Gasteiger charge is -2.22. The fourth-order valence-electron chi connectivity index (χ4n) is 3.25. The highest BCUT2D eigenvalue weighted by molar-refractivity contribution is 5.48. The molecule has 0 aromatic carbocycles. The van der Waals surface area contributed by atoms with Gasteiger partial charge in [-0.3, -0.25) is 4.68 Å². The van der Waals surface area contributed by atoms with E-state index in [9.17, 15) is 0 Å². The van der Waals surface area contributed by atoms with Gasteiger partial charge in [-0.2, -0.15) is 5.10 Å². The monoisotopic (exact) mass is 326 g/mol. The predicted octanol–water partition coefficient (Wildman–Crippen LogP) is 3.57. The van der Waals surface area contributed by atoms with Crippen molar-refractivity contribution in [1.82, 2.24) is 19.7 Å². The van der Waals surface area contributed by atoms with Crippen LogP contribution in [0.5, 0.6) is 0 Å². The molecule has 1 atom stereocenters. The molecule has 128 valence electrons. The first kappa shape index (κ1) is 15.4. The fraction of sp³-hybridized carbons (Fsp3) is 0.611. The smallest absolute Gasteiger partial charge is 0.132 e. The zero-order chi connectivity index (χ0) is 16.5.